The van der Waals surface area contributed by atoms with E-state index in [1.54, 1.807) is 12.1 Å². The van der Waals surface area contributed by atoms with Crippen LogP contribution in [0.3, 0.4) is 0 Å². The number of nitro benzene ring substituents is 1. The highest BCUT2D eigenvalue weighted by Gasteiger charge is 2.40. The van der Waals surface area contributed by atoms with Crippen molar-refractivity contribution >= 4 is 22.6 Å². The Morgan fingerprint density at radius 1 is 1.47 bits per heavy atom. The fraction of sp³-hybridized carbons (Fsp3) is 0.417. The van der Waals surface area contributed by atoms with Gasteiger partial charge in [0.2, 0.25) is 0 Å². The number of fused-ring (bicyclic) bond motifs is 2. The molecule has 0 amide bonds. The average Bonchev–Trinajstić information content (AvgIpc) is 2.38. The van der Waals surface area contributed by atoms with Gasteiger partial charge >= 0.3 is 0 Å². The third-order valence-corrected chi connectivity index (χ3v) is 4.33. The van der Waals surface area contributed by atoms with Crippen LogP contribution in [0.4, 0.5) is 5.69 Å². The highest BCUT2D eigenvalue weighted by Crippen LogP contribution is 2.46. The average molecular weight is 279 g/mol. The number of ether oxygens (including phenoxy) is 1. The second-order valence-electron chi connectivity index (χ2n) is 4.62. The Bertz CT molecular complexity index is 575. The first-order chi connectivity index (χ1) is 9.11. The van der Waals surface area contributed by atoms with E-state index in [0.29, 0.717) is 23.9 Å². The summed E-state index contributed by atoms with van der Waals surface area (Å²) >= 11 is 1.52. The molecular formula is C12H13N3O3S. The zero-order valence-electron chi connectivity index (χ0n) is 10.2. The molecule has 2 heterocycles. The lowest BCUT2D eigenvalue weighted by atomic mass is 9.82. The van der Waals surface area contributed by atoms with Crippen LogP contribution in [0.1, 0.15) is 18.4 Å². The van der Waals surface area contributed by atoms with Gasteiger partial charge < -0.3 is 10.5 Å². The van der Waals surface area contributed by atoms with Gasteiger partial charge in [-0.3, -0.25) is 15.1 Å². The van der Waals surface area contributed by atoms with Crippen LogP contribution < -0.4 is 10.5 Å². The molecule has 0 bridgehead atoms. The fourth-order valence-electron chi connectivity index (χ4n) is 2.58. The summed E-state index contributed by atoms with van der Waals surface area (Å²) in [5.41, 5.74) is 6.24. The smallest absolute Gasteiger partial charge is 0.270 e. The van der Waals surface area contributed by atoms with Crippen LogP contribution in [-0.2, 0) is 5.54 Å². The molecule has 0 saturated carbocycles. The Labute approximate surface area is 114 Å². The summed E-state index contributed by atoms with van der Waals surface area (Å²) in [5, 5.41) is 11.5. The quantitative estimate of drug-likeness (QED) is 0.627. The Morgan fingerprint density at radius 2 is 2.32 bits per heavy atom. The molecule has 0 aliphatic carbocycles. The summed E-state index contributed by atoms with van der Waals surface area (Å²) < 4.78 is 5.58. The normalized spacial score (nSPS) is 25.4. The predicted octanol–water partition coefficient (Wildman–Crippen LogP) is 2.02. The zero-order valence-corrected chi connectivity index (χ0v) is 11.0. The maximum atomic E-state index is 10.9. The number of non-ortho nitro benzene ring substituents is 1. The minimum atomic E-state index is -0.449. The van der Waals surface area contributed by atoms with Gasteiger partial charge in [0.25, 0.3) is 5.69 Å². The largest absolute Gasteiger partial charge is 0.493 e. The summed E-state index contributed by atoms with van der Waals surface area (Å²) in [6.07, 6.45) is 1.54. The highest BCUT2D eigenvalue weighted by molar-refractivity contribution is 8.13. The van der Waals surface area contributed by atoms with E-state index >= 15 is 0 Å². The van der Waals surface area contributed by atoms with Crippen molar-refractivity contribution in [3.8, 4) is 5.75 Å². The van der Waals surface area contributed by atoms with E-state index in [1.165, 1.54) is 17.8 Å². The lowest BCUT2D eigenvalue weighted by Crippen LogP contribution is -2.36. The van der Waals surface area contributed by atoms with E-state index in [9.17, 15) is 10.1 Å². The van der Waals surface area contributed by atoms with E-state index in [1.807, 2.05) is 0 Å². The second-order valence-corrected chi connectivity index (χ2v) is 5.73. The number of nitrogens with zero attached hydrogens (tertiary/aromatic N) is 2. The summed E-state index contributed by atoms with van der Waals surface area (Å²) in [6, 6.07) is 4.69. The summed E-state index contributed by atoms with van der Waals surface area (Å²) in [4.78, 5) is 15.1. The van der Waals surface area contributed by atoms with Gasteiger partial charge in [-0.1, -0.05) is 11.8 Å². The first-order valence-corrected chi connectivity index (χ1v) is 6.99. The van der Waals surface area contributed by atoms with Crippen molar-refractivity contribution < 1.29 is 9.66 Å². The molecule has 3 rings (SSSR count). The highest BCUT2D eigenvalue weighted by atomic mass is 32.2. The number of nitro groups is 1. The lowest BCUT2D eigenvalue weighted by Gasteiger charge is -2.37. The molecule has 0 saturated heterocycles. The molecule has 1 atom stereocenters. The molecule has 7 heteroatoms. The van der Waals surface area contributed by atoms with Gasteiger partial charge in [-0.05, 0) is 12.5 Å². The summed E-state index contributed by atoms with van der Waals surface area (Å²) in [6.45, 7) is 0.562. The summed E-state index contributed by atoms with van der Waals surface area (Å²) in [5.74, 6) is 1.55. The van der Waals surface area contributed by atoms with Gasteiger partial charge in [0, 0.05) is 29.9 Å². The van der Waals surface area contributed by atoms with Crippen molar-refractivity contribution in [1.29, 1.82) is 0 Å². The van der Waals surface area contributed by atoms with E-state index in [4.69, 9.17) is 10.5 Å². The molecule has 2 aliphatic heterocycles. The van der Waals surface area contributed by atoms with E-state index < -0.39 is 10.5 Å². The molecule has 0 aromatic heterocycles. The molecule has 1 unspecified atom stereocenters. The molecule has 1 aromatic carbocycles. The number of amidine groups is 1. The maximum Gasteiger partial charge on any atom is 0.270 e. The van der Waals surface area contributed by atoms with Crippen molar-refractivity contribution in [2.45, 2.75) is 18.4 Å². The standard InChI is InChI=1S/C12H13N3O3S/c13-11-14-12(4-6-19-11)3-5-18-10-2-1-8(15(16)17)7-9(10)12/h1-2,7H,3-6H2,(H2,13,14). The zero-order chi connectivity index (χ0) is 13.5. The third kappa shape index (κ3) is 2.03. The van der Waals surface area contributed by atoms with Gasteiger partial charge in [0.1, 0.15) is 5.75 Å². The van der Waals surface area contributed by atoms with Gasteiger partial charge in [-0.2, -0.15) is 0 Å². The second kappa shape index (κ2) is 4.41. The van der Waals surface area contributed by atoms with Crippen molar-refractivity contribution in [2.24, 2.45) is 10.7 Å². The lowest BCUT2D eigenvalue weighted by molar-refractivity contribution is -0.385. The molecule has 1 spiro atoms. The molecule has 0 fully saturated rings. The SMILES string of the molecule is NC1=NC2(CCOc3ccc([N+](=O)[O-])cc32)CCS1. The minimum Gasteiger partial charge on any atom is -0.493 e. The fourth-order valence-corrected chi connectivity index (χ4v) is 3.47. The van der Waals surface area contributed by atoms with Crippen LogP contribution >= 0.6 is 11.8 Å². The molecule has 2 aliphatic rings. The molecule has 0 radical (unpaired) electrons. The summed E-state index contributed by atoms with van der Waals surface area (Å²) in [7, 11) is 0. The van der Waals surface area contributed by atoms with Crippen molar-refractivity contribution in [3.05, 3.63) is 33.9 Å². The third-order valence-electron chi connectivity index (χ3n) is 3.54. The number of aliphatic imine (C=N–C) groups is 1. The van der Waals surface area contributed by atoms with Crippen LogP contribution in [0.5, 0.6) is 5.75 Å². The molecule has 1 aromatic rings. The van der Waals surface area contributed by atoms with Crippen molar-refractivity contribution in [2.75, 3.05) is 12.4 Å². The number of hydrogen-bond donors (Lipinski definition) is 1. The first-order valence-electron chi connectivity index (χ1n) is 6.01. The van der Waals surface area contributed by atoms with Gasteiger partial charge in [-0.25, -0.2) is 0 Å². The number of hydrogen-bond acceptors (Lipinski definition) is 6. The van der Waals surface area contributed by atoms with Crippen LogP contribution in [0.2, 0.25) is 0 Å². The molecular weight excluding hydrogens is 266 g/mol. The Morgan fingerprint density at radius 3 is 3.05 bits per heavy atom. The monoisotopic (exact) mass is 279 g/mol. The predicted molar refractivity (Wildman–Crippen MR) is 73.6 cm³/mol. The van der Waals surface area contributed by atoms with Gasteiger partial charge in [0.15, 0.2) is 5.17 Å². The number of benzene rings is 1. The van der Waals surface area contributed by atoms with Crippen LogP contribution in [0.25, 0.3) is 0 Å². The topological polar surface area (TPSA) is 90.8 Å². The van der Waals surface area contributed by atoms with Gasteiger partial charge in [-0.15, -0.1) is 0 Å². The number of nitrogens with two attached hydrogens (primary N) is 1. The molecule has 100 valence electrons. The minimum absolute atomic E-state index is 0.0654. The van der Waals surface area contributed by atoms with Crippen LogP contribution in [0.15, 0.2) is 23.2 Å². The first kappa shape index (κ1) is 12.3. The van der Waals surface area contributed by atoms with E-state index in [0.717, 1.165) is 17.7 Å². The molecule has 19 heavy (non-hydrogen) atoms. The van der Waals surface area contributed by atoms with Crippen molar-refractivity contribution in [3.63, 3.8) is 0 Å². The number of rotatable bonds is 1. The Kier molecular flexibility index (Phi) is 2.85. The van der Waals surface area contributed by atoms with Gasteiger partial charge in [0.05, 0.1) is 17.1 Å². The van der Waals surface area contributed by atoms with E-state index in [-0.39, 0.29) is 5.69 Å². The Hall–Kier alpha value is -1.76. The van der Waals surface area contributed by atoms with Crippen LogP contribution in [0, 0.1) is 10.1 Å². The number of thioether (sulfide) groups is 1. The molecule has 2 N–H and O–H groups in total. The Balaban J connectivity index is 2.15. The van der Waals surface area contributed by atoms with Crippen LogP contribution in [-0.4, -0.2) is 22.5 Å². The maximum absolute atomic E-state index is 10.9. The van der Waals surface area contributed by atoms with E-state index in [2.05, 4.69) is 4.99 Å². The van der Waals surface area contributed by atoms with Crippen molar-refractivity contribution in [1.82, 2.24) is 0 Å². The molecule has 6 nitrogen and oxygen atoms in total.